The first-order valence-corrected chi connectivity index (χ1v) is 30.5. The van der Waals surface area contributed by atoms with Gasteiger partial charge in [0, 0.05) is 106 Å². The zero-order valence-corrected chi connectivity index (χ0v) is 53.7. The topological polar surface area (TPSA) is 278 Å². The van der Waals surface area contributed by atoms with Gasteiger partial charge >= 0.3 is 0 Å². The highest BCUT2D eigenvalue weighted by Crippen LogP contribution is 2.32. The molecule has 0 saturated heterocycles. The number of aryl methyl sites for hydroxylation is 7. The fourth-order valence-electron chi connectivity index (χ4n) is 10.6. The molecule has 474 valence electrons. The van der Waals surface area contributed by atoms with Crippen LogP contribution in [-0.2, 0) is 0 Å². The van der Waals surface area contributed by atoms with Crippen molar-refractivity contribution in [3.05, 3.63) is 260 Å². The number of ketones is 3. The molecule has 0 unspecified atom stereocenters. The fraction of sp³-hybridized carbons (Fsp3) is 0.181. The molecular formula is C72H70N16O6. The van der Waals surface area contributed by atoms with Crippen LogP contribution >= 0.6 is 0 Å². The molecule has 3 amide bonds. The Labute approximate surface area is 542 Å². The summed E-state index contributed by atoms with van der Waals surface area (Å²) < 4.78 is 4.95. The van der Waals surface area contributed by atoms with Gasteiger partial charge in [-0.25, -0.2) is 33.5 Å². The Hall–Kier alpha value is -12.1. The minimum Gasteiger partial charge on any atom is -0.355 e. The zero-order chi connectivity index (χ0) is 66.7. The minimum absolute atomic E-state index is 0.0645. The summed E-state index contributed by atoms with van der Waals surface area (Å²) in [6.45, 7) is 18.4. The van der Waals surface area contributed by atoms with E-state index in [1.807, 2.05) is 135 Å². The van der Waals surface area contributed by atoms with E-state index < -0.39 is 0 Å². The number of pyridine rings is 1. The molecule has 12 aromatic rings. The van der Waals surface area contributed by atoms with E-state index in [2.05, 4.69) is 67.1 Å². The molecular weight excluding hydrogens is 1180 g/mol. The minimum atomic E-state index is -0.173. The van der Waals surface area contributed by atoms with Crippen LogP contribution < -0.4 is 31.9 Å². The number of amides is 3. The summed E-state index contributed by atoms with van der Waals surface area (Å²) in [5.41, 5.74) is 15.3. The zero-order valence-electron chi connectivity index (χ0n) is 53.7. The molecule has 0 aliphatic heterocycles. The Morgan fingerprint density at radius 2 is 0.798 bits per heavy atom. The molecule has 5 aromatic carbocycles. The summed E-state index contributed by atoms with van der Waals surface area (Å²) in [7, 11) is 1.59. The molecule has 7 aromatic heterocycles. The average Bonchev–Trinajstić information content (AvgIpc) is 1.63. The highest BCUT2D eigenvalue weighted by atomic mass is 16.2. The van der Waals surface area contributed by atoms with Crippen molar-refractivity contribution in [3.8, 4) is 0 Å². The third-order valence-corrected chi connectivity index (χ3v) is 15.8. The Bertz CT molecular complexity index is 4860. The van der Waals surface area contributed by atoms with Crippen molar-refractivity contribution in [2.45, 2.75) is 68.7 Å². The Kier molecular flexibility index (Phi) is 19.9. The van der Waals surface area contributed by atoms with Crippen molar-refractivity contribution in [2.24, 2.45) is 0 Å². The number of anilines is 6. The van der Waals surface area contributed by atoms with Crippen molar-refractivity contribution in [2.75, 3.05) is 36.1 Å². The van der Waals surface area contributed by atoms with Gasteiger partial charge in [-0.15, -0.1) is 0 Å². The molecule has 0 radical (unpaired) electrons. The first kappa shape index (κ1) is 64.9. The lowest BCUT2D eigenvalue weighted by Crippen LogP contribution is -2.24. The van der Waals surface area contributed by atoms with Gasteiger partial charge in [-0.2, -0.15) is 15.3 Å². The van der Waals surface area contributed by atoms with Crippen LogP contribution in [0.3, 0.4) is 0 Å². The van der Waals surface area contributed by atoms with E-state index in [-0.39, 0.29) is 35.1 Å². The van der Waals surface area contributed by atoms with Crippen LogP contribution in [0.1, 0.15) is 138 Å². The number of rotatable bonds is 18. The van der Waals surface area contributed by atoms with Crippen molar-refractivity contribution < 1.29 is 28.8 Å². The Morgan fingerprint density at radius 3 is 1.17 bits per heavy atom. The van der Waals surface area contributed by atoms with Crippen LogP contribution in [0.25, 0.3) is 16.6 Å². The van der Waals surface area contributed by atoms with E-state index >= 15 is 0 Å². The van der Waals surface area contributed by atoms with E-state index in [9.17, 15) is 28.8 Å². The monoisotopic (exact) mass is 1250 g/mol. The molecule has 94 heavy (non-hydrogen) atoms. The molecule has 0 fully saturated rings. The predicted molar refractivity (Wildman–Crippen MR) is 363 cm³/mol. The van der Waals surface area contributed by atoms with Gasteiger partial charge < -0.3 is 31.9 Å². The first-order chi connectivity index (χ1) is 45.4. The summed E-state index contributed by atoms with van der Waals surface area (Å²) in [6, 6.07) is 40.1. The SMILES string of the molecule is CCCNC(=O)c1ccc(C)c(Nc2ncnn3cc(C(=O)c4ccccc4)c(C)c23)c1.CCNC(=O)c1ccc(C)c(Nc2ncnn3cc(C(=O)c4ccccc4)c(C)c23)c1.CNC(=O)c1ccc(C)c(Nc2ncnn3cc(C(=O)c4cccc(C)n4)c(C)c23)c1. The predicted octanol–water partition coefficient (Wildman–Crippen LogP) is 11.9. The van der Waals surface area contributed by atoms with Gasteiger partial charge in [0.25, 0.3) is 17.7 Å². The van der Waals surface area contributed by atoms with E-state index in [0.29, 0.717) is 97.3 Å². The number of hydrogen-bond acceptors (Lipinski definition) is 16. The standard InChI is InChI=1S/C25H25N5O2.C24H23N5O2.C23H22N6O2/c1-4-12-26-25(32)19-11-10-16(2)21(13-19)29-24-22-17(3)20(14-30(22)28-15-27-24)23(31)18-8-6-5-7-9-18;1-4-25-24(31)18-11-10-15(2)20(12-18)28-23-21-16(3)19(13-29(21)27-14-26-23)22(30)17-8-6-5-7-9-17;1-13-8-9-16(23(31)24-4)10-19(13)28-22-20-15(3)17(11-29(20)26-12-25-22)21(30)18-7-5-6-14(2)27-18/h5-11,13-15H,4,12H2,1-3H3,(H,26,32)(H,27,28,29);5-14H,4H2,1-3H3,(H,25,31)(H,26,27,28);5-12H,1-4H3,(H,24,31)(H,25,26,28). The molecule has 12 rings (SSSR count). The molecule has 22 nitrogen and oxygen atoms in total. The van der Waals surface area contributed by atoms with Crippen LogP contribution in [-0.4, -0.2) is 104 Å². The lowest BCUT2D eigenvalue weighted by molar-refractivity contribution is 0.0946. The van der Waals surface area contributed by atoms with E-state index in [1.165, 1.54) is 19.0 Å². The molecule has 0 saturated carbocycles. The number of carbonyl (C=O) groups excluding carboxylic acids is 6. The second-order valence-corrected chi connectivity index (χ2v) is 22.3. The summed E-state index contributed by atoms with van der Waals surface area (Å²) >= 11 is 0. The average molecular weight is 1260 g/mol. The quantitative estimate of drug-likeness (QED) is 0.0436. The molecule has 0 spiro atoms. The fourth-order valence-corrected chi connectivity index (χ4v) is 10.6. The summed E-state index contributed by atoms with van der Waals surface area (Å²) in [6.07, 6.45) is 10.3. The molecule has 7 heterocycles. The van der Waals surface area contributed by atoms with Crippen LogP contribution in [0, 0.1) is 48.5 Å². The van der Waals surface area contributed by atoms with E-state index in [0.717, 1.165) is 62.6 Å². The van der Waals surface area contributed by atoms with Crippen molar-refractivity contribution in [3.63, 3.8) is 0 Å². The van der Waals surface area contributed by atoms with Gasteiger partial charge in [0.15, 0.2) is 29.0 Å². The highest BCUT2D eigenvalue weighted by Gasteiger charge is 2.24. The van der Waals surface area contributed by atoms with E-state index in [4.69, 9.17) is 0 Å². The molecule has 0 aliphatic carbocycles. The number of nitrogens with one attached hydrogen (secondary N) is 6. The summed E-state index contributed by atoms with van der Waals surface area (Å²) in [4.78, 5) is 93.3. The number of carbonyl (C=O) groups is 6. The second-order valence-electron chi connectivity index (χ2n) is 22.3. The maximum atomic E-state index is 13.1. The van der Waals surface area contributed by atoms with Crippen molar-refractivity contribution in [1.29, 1.82) is 0 Å². The van der Waals surface area contributed by atoms with Gasteiger partial charge in [-0.1, -0.05) is 91.9 Å². The summed E-state index contributed by atoms with van der Waals surface area (Å²) in [5, 5.41) is 31.1. The Balaban J connectivity index is 0.000000154. The normalized spacial score (nSPS) is 10.8. The van der Waals surface area contributed by atoms with Gasteiger partial charge in [-0.3, -0.25) is 28.8 Å². The lowest BCUT2D eigenvalue weighted by atomic mass is 10.0. The third kappa shape index (κ3) is 14.1. The first-order valence-electron chi connectivity index (χ1n) is 30.5. The van der Waals surface area contributed by atoms with Gasteiger partial charge in [0.1, 0.15) is 41.2 Å². The molecule has 0 atom stereocenters. The van der Waals surface area contributed by atoms with Crippen molar-refractivity contribution in [1.82, 2.24) is 64.7 Å². The van der Waals surface area contributed by atoms with Crippen LogP contribution in [0.4, 0.5) is 34.5 Å². The maximum absolute atomic E-state index is 13.1. The number of nitrogens with zero attached hydrogens (tertiary/aromatic N) is 10. The third-order valence-electron chi connectivity index (χ3n) is 15.8. The van der Waals surface area contributed by atoms with Gasteiger partial charge in [-0.05, 0) is 144 Å². The molecule has 0 aliphatic rings. The van der Waals surface area contributed by atoms with Crippen molar-refractivity contribution >= 4 is 86.1 Å². The van der Waals surface area contributed by atoms with E-state index in [1.54, 1.807) is 99.8 Å². The van der Waals surface area contributed by atoms with Gasteiger partial charge in [0.2, 0.25) is 5.78 Å². The summed E-state index contributed by atoms with van der Waals surface area (Å²) in [5.74, 6) is 0.957. The maximum Gasteiger partial charge on any atom is 0.251 e. The molecule has 0 bridgehead atoms. The number of hydrogen-bond donors (Lipinski definition) is 6. The molecule has 22 heteroatoms. The molecule has 6 N–H and O–H groups in total. The smallest absolute Gasteiger partial charge is 0.251 e. The van der Waals surface area contributed by atoms with Crippen LogP contribution in [0.15, 0.2) is 171 Å². The Morgan fingerprint density at radius 1 is 0.415 bits per heavy atom. The second kappa shape index (κ2) is 28.8. The van der Waals surface area contributed by atoms with Crippen LogP contribution in [0.2, 0.25) is 0 Å². The lowest BCUT2D eigenvalue weighted by Gasteiger charge is -2.12. The van der Waals surface area contributed by atoms with Gasteiger partial charge in [0.05, 0.1) is 0 Å². The number of fused-ring (bicyclic) bond motifs is 3. The number of benzene rings is 5. The number of aromatic nitrogens is 10. The largest absolute Gasteiger partial charge is 0.355 e. The van der Waals surface area contributed by atoms with Crippen LogP contribution in [0.5, 0.6) is 0 Å². The highest BCUT2D eigenvalue weighted by molar-refractivity contribution is 6.13.